The molecule has 19 heavy (non-hydrogen) atoms. The van der Waals surface area contributed by atoms with E-state index in [0.717, 1.165) is 10.7 Å². The number of carboxylic acids is 1. The van der Waals surface area contributed by atoms with Crippen LogP contribution in [0.25, 0.3) is 0 Å². The molecule has 5 nitrogen and oxygen atoms in total. The molecule has 1 amide bonds. The lowest BCUT2D eigenvalue weighted by Gasteiger charge is -2.34. The number of thiazole rings is 1. The Morgan fingerprint density at radius 1 is 1.37 bits per heavy atom. The number of aromatic nitrogens is 1. The van der Waals surface area contributed by atoms with Crippen LogP contribution in [0.5, 0.6) is 0 Å². The summed E-state index contributed by atoms with van der Waals surface area (Å²) >= 11 is 1.38. The maximum absolute atomic E-state index is 12.5. The first-order valence-electron chi connectivity index (χ1n) is 6.34. The van der Waals surface area contributed by atoms with Gasteiger partial charge in [-0.3, -0.25) is 9.59 Å². The summed E-state index contributed by atoms with van der Waals surface area (Å²) in [5, 5.41) is 10.00. The van der Waals surface area contributed by atoms with E-state index in [0.29, 0.717) is 24.4 Å². The Kier molecular flexibility index (Phi) is 3.89. The molecule has 1 aliphatic heterocycles. The number of hydrogen-bond donors (Lipinski definition) is 1. The summed E-state index contributed by atoms with van der Waals surface area (Å²) < 4.78 is 0. The Morgan fingerprint density at radius 3 is 2.58 bits per heavy atom. The second kappa shape index (κ2) is 5.28. The molecule has 6 heteroatoms. The molecule has 0 spiro atoms. The van der Waals surface area contributed by atoms with Gasteiger partial charge in [-0.2, -0.15) is 0 Å². The molecule has 0 radical (unpaired) electrons. The average Bonchev–Trinajstić information content (AvgIpc) is 2.66. The zero-order chi connectivity index (χ0) is 14.2. The molecule has 104 valence electrons. The summed E-state index contributed by atoms with van der Waals surface area (Å²) in [5.74, 6) is -1.14. The first kappa shape index (κ1) is 14.0. The minimum atomic E-state index is -0.818. The van der Waals surface area contributed by atoms with Gasteiger partial charge in [0.1, 0.15) is 4.88 Å². The van der Waals surface area contributed by atoms with Gasteiger partial charge < -0.3 is 10.0 Å². The fourth-order valence-corrected chi connectivity index (χ4v) is 3.46. The quantitative estimate of drug-likeness (QED) is 0.900. The number of carboxylic acid groups (broad SMARTS) is 1. The van der Waals surface area contributed by atoms with Crippen LogP contribution in [0.3, 0.4) is 0 Å². The Balaban J connectivity index is 2.18. The molecule has 1 aromatic heterocycles. The fourth-order valence-electron chi connectivity index (χ4n) is 2.57. The van der Waals surface area contributed by atoms with Crippen LogP contribution in [-0.2, 0) is 4.79 Å². The van der Waals surface area contributed by atoms with E-state index >= 15 is 0 Å². The molecule has 2 rings (SSSR count). The van der Waals surface area contributed by atoms with Crippen molar-refractivity contribution >= 4 is 23.2 Å². The number of aliphatic carboxylic acids is 1. The summed E-state index contributed by atoms with van der Waals surface area (Å²) in [4.78, 5) is 30.1. The first-order valence-corrected chi connectivity index (χ1v) is 7.16. The molecule has 0 aliphatic carbocycles. The number of amides is 1. The standard InChI is InChI=1S/C13H18N2O3S/c1-7-4-10(13(17)18)6-15(5-7)12(16)11-8(2)14-9(3)19-11/h7,10H,4-6H2,1-3H3,(H,17,18). The molecule has 1 aliphatic rings. The number of nitrogens with zero attached hydrogens (tertiary/aromatic N) is 2. The lowest BCUT2D eigenvalue weighted by molar-refractivity contribution is -0.143. The van der Waals surface area contributed by atoms with E-state index in [1.165, 1.54) is 11.3 Å². The zero-order valence-electron chi connectivity index (χ0n) is 11.3. The van der Waals surface area contributed by atoms with Crippen LogP contribution in [0, 0.1) is 25.7 Å². The molecule has 2 heterocycles. The minimum Gasteiger partial charge on any atom is -0.481 e. The van der Waals surface area contributed by atoms with Crippen LogP contribution in [0.4, 0.5) is 0 Å². The summed E-state index contributed by atoms with van der Waals surface area (Å²) in [5.41, 5.74) is 0.734. The summed E-state index contributed by atoms with van der Waals surface area (Å²) in [6.07, 6.45) is 0.639. The third kappa shape index (κ3) is 2.94. The van der Waals surface area contributed by atoms with Gasteiger partial charge in [-0.25, -0.2) is 4.98 Å². The van der Waals surface area contributed by atoms with E-state index in [2.05, 4.69) is 4.98 Å². The van der Waals surface area contributed by atoms with E-state index in [9.17, 15) is 9.59 Å². The highest BCUT2D eigenvalue weighted by Crippen LogP contribution is 2.26. The van der Waals surface area contributed by atoms with Gasteiger partial charge in [0.05, 0.1) is 16.6 Å². The predicted octanol–water partition coefficient (Wildman–Crippen LogP) is 1.94. The largest absolute Gasteiger partial charge is 0.481 e. The number of carbonyl (C=O) groups excluding carboxylic acids is 1. The van der Waals surface area contributed by atoms with Crippen LogP contribution >= 0.6 is 11.3 Å². The topological polar surface area (TPSA) is 70.5 Å². The van der Waals surface area contributed by atoms with Gasteiger partial charge in [-0.1, -0.05) is 6.92 Å². The maximum Gasteiger partial charge on any atom is 0.308 e. The number of aryl methyl sites for hydroxylation is 2. The Morgan fingerprint density at radius 2 is 2.05 bits per heavy atom. The van der Waals surface area contributed by atoms with Crippen LogP contribution < -0.4 is 0 Å². The highest BCUT2D eigenvalue weighted by atomic mass is 32.1. The van der Waals surface area contributed by atoms with E-state index < -0.39 is 11.9 Å². The number of rotatable bonds is 2. The van der Waals surface area contributed by atoms with E-state index in [4.69, 9.17) is 5.11 Å². The number of piperidine rings is 1. The lowest BCUT2D eigenvalue weighted by Crippen LogP contribution is -2.45. The number of hydrogen-bond acceptors (Lipinski definition) is 4. The van der Waals surface area contributed by atoms with Crippen molar-refractivity contribution in [1.29, 1.82) is 0 Å². The Hall–Kier alpha value is -1.43. The molecular weight excluding hydrogens is 264 g/mol. The van der Waals surface area contributed by atoms with Crippen LogP contribution in [0.1, 0.15) is 33.7 Å². The van der Waals surface area contributed by atoms with E-state index in [-0.39, 0.29) is 11.8 Å². The molecule has 1 fully saturated rings. The summed E-state index contributed by atoms with van der Waals surface area (Å²) in [6, 6.07) is 0. The molecule has 1 saturated heterocycles. The van der Waals surface area contributed by atoms with Crippen molar-refractivity contribution in [3.05, 3.63) is 15.6 Å². The average molecular weight is 282 g/mol. The molecule has 1 aromatic rings. The summed E-state index contributed by atoms with van der Waals surface area (Å²) in [7, 11) is 0. The van der Waals surface area contributed by atoms with Crippen molar-refractivity contribution in [3.63, 3.8) is 0 Å². The van der Waals surface area contributed by atoms with Crippen molar-refractivity contribution in [2.45, 2.75) is 27.2 Å². The van der Waals surface area contributed by atoms with Gasteiger partial charge in [-0.15, -0.1) is 11.3 Å². The molecule has 0 saturated carbocycles. The van der Waals surface area contributed by atoms with Crippen molar-refractivity contribution in [1.82, 2.24) is 9.88 Å². The van der Waals surface area contributed by atoms with Crippen molar-refractivity contribution in [2.75, 3.05) is 13.1 Å². The molecule has 0 bridgehead atoms. The van der Waals surface area contributed by atoms with Gasteiger partial charge in [0.25, 0.3) is 5.91 Å². The third-order valence-corrected chi connectivity index (χ3v) is 4.45. The van der Waals surface area contributed by atoms with Gasteiger partial charge in [-0.05, 0) is 26.2 Å². The smallest absolute Gasteiger partial charge is 0.308 e. The highest BCUT2D eigenvalue weighted by Gasteiger charge is 2.33. The molecule has 0 aromatic carbocycles. The Labute approximate surface area is 116 Å². The monoisotopic (exact) mass is 282 g/mol. The molecule has 2 unspecified atom stereocenters. The van der Waals surface area contributed by atoms with Gasteiger partial charge in [0.15, 0.2) is 0 Å². The van der Waals surface area contributed by atoms with Crippen molar-refractivity contribution in [2.24, 2.45) is 11.8 Å². The fraction of sp³-hybridized carbons (Fsp3) is 0.615. The Bertz CT molecular complexity index is 512. The van der Waals surface area contributed by atoms with E-state index in [1.54, 1.807) is 4.90 Å². The summed E-state index contributed by atoms with van der Waals surface area (Å²) in [6.45, 7) is 6.60. The van der Waals surface area contributed by atoms with E-state index in [1.807, 2.05) is 20.8 Å². The van der Waals surface area contributed by atoms with Gasteiger partial charge in [0.2, 0.25) is 0 Å². The SMILES string of the molecule is Cc1nc(C)c(C(=O)N2CC(C)CC(C(=O)O)C2)s1. The minimum absolute atomic E-state index is 0.0825. The lowest BCUT2D eigenvalue weighted by atomic mass is 9.90. The first-order chi connectivity index (χ1) is 8.88. The molecule has 1 N–H and O–H groups in total. The third-order valence-electron chi connectivity index (χ3n) is 3.39. The second-order valence-electron chi connectivity index (χ2n) is 5.23. The predicted molar refractivity (Wildman–Crippen MR) is 72.4 cm³/mol. The normalized spacial score (nSPS) is 23.4. The van der Waals surface area contributed by atoms with Gasteiger partial charge >= 0.3 is 5.97 Å². The maximum atomic E-state index is 12.5. The second-order valence-corrected chi connectivity index (χ2v) is 6.44. The molecular formula is C13H18N2O3S. The van der Waals surface area contributed by atoms with Crippen LogP contribution in [-0.4, -0.2) is 40.0 Å². The molecule has 2 atom stereocenters. The van der Waals surface area contributed by atoms with Crippen molar-refractivity contribution < 1.29 is 14.7 Å². The zero-order valence-corrected chi connectivity index (χ0v) is 12.2. The highest BCUT2D eigenvalue weighted by molar-refractivity contribution is 7.13. The van der Waals surface area contributed by atoms with Crippen LogP contribution in [0.15, 0.2) is 0 Å². The van der Waals surface area contributed by atoms with Crippen molar-refractivity contribution in [3.8, 4) is 0 Å². The number of likely N-dealkylation sites (tertiary alicyclic amines) is 1. The van der Waals surface area contributed by atoms with Gasteiger partial charge in [0, 0.05) is 13.1 Å². The van der Waals surface area contributed by atoms with Crippen LogP contribution in [0.2, 0.25) is 0 Å². The number of carbonyl (C=O) groups is 2.